The summed E-state index contributed by atoms with van der Waals surface area (Å²) < 4.78 is 19.9. The fourth-order valence-corrected chi connectivity index (χ4v) is 3.85. The van der Waals surface area contributed by atoms with E-state index < -0.39 is 0 Å². The molecule has 2 aromatic heterocycles. The highest BCUT2D eigenvalue weighted by Gasteiger charge is 2.44. The van der Waals surface area contributed by atoms with Gasteiger partial charge < -0.3 is 15.0 Å². The first-order valence-corrected chi connectivity index (χ1v) is 8.86. The van der Waals surface area contributed by atoms with Gasteiger partial charge in [-0.25, -0.2) is 9.37 Å². The Morgan fingerprint density at radius 2 is 2.23 bits per heavy atom. The van der Waals surface area contributed by atoms with Gasteiger partial charge in [-0.15, -0.1) is 0 Å². The molecular weight excluding hydrogens is 335 g/mol. The summed E-state index contributed by atoms with van der Waals surface area (Å²) in [5.74, 6) is -0.143. The van der Waals surface area contributed by atoms with E-state index in [9.17, 15) is 9.18 Å². The molecule has 6 nitrogen and oxygen atoms in total. The molecule has 0 saturated carbocycles. The van der Waals surface area contributed by atoms with Crippen LogP contribution < -0.4 is 5.32 Å². The molecule has 2 atom stereocenters. The maximum Gasteiger partial charge on any atom is 0.255 e. The van der Waals surface area contributed by atoms with Crippen LogP contribution in [0.1, 0.15) is 29.6 Å². The largest absolute Gasteiger partial charge is 0.371 e. The number of hydrogen-bond donors (Lipinski definition) is 1. The van der Waals surface area contributed by atoms with Gasteiger partial charge in [0.1, 0.15) is 0 Å². The summed E-state index contributed by atoms with van der Waals surface area (Å²) >= 11 is 0. The number of halogens is 1. The molecule has 136 valence electrons. The zero-order chi connectivity index (χ0) is 18.0. The molecule has 2 saturated heterocycles. The van der Waals surface area contributed by atoms with Gasteiger partial charge in [0.2, 0.25) is 0 Å². The average molecular weight is 356 g/mol. The molecule has 1 N–H and O–H groups in total. The summed E-state index contributed by atoms with van der Waals surface area (Å²) in [6.45, 7) is 1.74. The molecule has 1 spiro atoms. The van der Waals surface area contributed by atoms with Crippen LogP contribution in [-0.4, -0.2) is 52.1 Å². The highest BCUT2D eigenvalue weighted by molar-refractivity contribution is 5.94. The van der Waals surface area contributed by atoms with E-state index in [-0.39, 0.29) is 29.2 Å². The Labute approximate surface area is 151 Å². The fraction of sp³-hybridized carbons (Fsp3) is 0.421. The van der Waals surface area contributed by atoms with Gasteiger partial charge in [0, 0.05) is 31.6 Å². The first-order chi connectivity index (χ1) is 12.7. The number of nitrogens with zero attached hydrogens (tertiary/aromatic N) is 3. The summed E-state index contributed by atoms with van der Waals surface area (Å²) in [5, 5.41) is 3.13. The Balaban J connectivity index is 1.43. The van der Waals surface area contributed by atoms with Crippen LogP contribution >= 0.6 is 0 Å². The molecule has 4 rings (SSSR count). The van der Waals surface area contributed by atoms with E-state index in [0.29, 0.717) is 25.3 Å². The van der Waals surface area contributed by atoms with Crippen molar-refractivity contribution in [2.45, 2.75) is 30.9 Å². The Morgan fingerprint density at radius 3 is 3.04 bits per heavy atom. The number of rotatable bonds is 3. The summed E-state index contributed by atoms with van der Waals surface area (Å²) in [4.78, 5) is 22.6. The van der Waals surface area contributed by atoms with E-state index in [1.807, 2.05) is 4.90 Å². The van der Waals surface area contributed by atoms with Crippen LogP contribution in [0.3, 0.4) is 0 Å². The van der Waals surface area contributed by atoms with Crippen LogP contribution in [0, 0.1) is 5.82 Å². The van der Waals surface area contributed by atoms with Crippen LogP contribution in [0.4, 0.5) is 10.2 Å². The molecule has 0 aromatic carbocycles. The number of amides is 1. The second-order valence-electron chi connectivity index (χ2n) is 6.95. The third-order valence-corrected chi connectivity index (χ3v) is 5.04. The van der Waals surface area contributed by atoms with Gasteiger partial charge >= 0.3 is 0 Å². The predicted molar refractivity (Wildman–Crippen MR) is 94.3 cm³/mol. The second-order valence-corrected chi connectivity index (χ2v) is 6.95. The van der Waals surface area contributed by atoms with Crippen molar-refractivity contribution in [2.75, 3.05) is 25.0 Å². The van der Waals surface area contributed by atoms with Crippen molar-refractivity contribution >= 4 is 11.7 Å². The van der Waals surface area contributed by atoms with Crippen LogP contribution in [0.5, 0.6) is 0 Å². The maximum absolute atomic E-state index is 13.8. The number of pyridine rings is 2. The van der Waals surface area contributed by atoms with Crippen LogP contribution in [0.25, 0.3) is 0 Å². The Hall–Kier alpha value is -2.54. The van der Waals surface area contributed by atoms with Crippen LogP contribution in [0.2, 0.25) is 0 Å². The van der Waals surface area contributed by atoms with Gasteiger partial charge in [-0.1, -0.05) is 0 Å². The molecule has 4 heterocycles. The lowest BCUT2D eigenvalue weighted by Crippen LogP contribution is -2.50. The molecule has 2 aliphatic rings. The number of likely N-dealkylation sites (tertiary alicyclic amines) is 1. The van der Waals surface area contributed by atoms with Crippen LogP contribution in [-0.2, 0) is 4.74 Å². The standard InChI is InChI=1S/C19H21FN4O2/c20-16-5-2-8-22-17(16)23-15-10-19(26-12-15)6-3-9-24(13-19)18(25)14-4-1-7-21-11-14/h1-2,4-5,7-8,11,15H,3,6,9-10,12-13H2,(H,22,23)/t15-,19+/m0/s1. The number of hydrogen-bond acceptors (Lipinski definition) is 5. The Kier molecular flexibility index (Phi) is 4.55. The van der Waals surface area contributed by atoms with Gasteiger partial charge in [-0.2, -0.15) is 0 Å². The van der Waals surface area contributed by atoms with Gasteiger partial charge in [-0.05, 0) is 37.1 Å². The molecule has 1 amide bonds. The Bertz CT molecular complexity index is 788. The number of nitrogens with one attached hydrogen (secondary N) is 1. The van der Waals surface area contributed by atoms with Crippen molar-refractivity contribution in [3.05, 3.63) is 54.2 Å². The van der Waals surface area contributed by atoms with Crippen molar-refractivity contribution in [1.82, 2.24) is 14.9 Å². The molecule has 0 bridgehead atoms. The highest BCUT2D eigenvalue weighted by Crippen LogP contribution is 2.36. The fourth-order valence-electron chi connectivity index (χ4n) is 3.85. The molecule has 0 aliphatic carbocycles. The number of piperidine rings is 1. The zero-order valence-electron chi connectivity index (χ0n) is 14.4. The van der Waals surface area contributed by atoms with E-state index in [4.69, 9.17) is 4.74 Å². The van der Waals surface area contributed by atoms with Gasteiger partial charge in [0.25, 0.3) is 5.91 Å². The minimum absolute atomic E-state index is 0.0204. The summed E-state index contributed by atoms with van der Waals surface area (Å²) in [6, 6.07) is 6.47. The number of anilines is 1. The number of ether oxygens (including phenoxy) is 1. The molecule has 2 aromatic rings. The highest BCUT2D eigenvalue weighted by atomic mass is 19.1. The topological polar surface area (TPSA) is 67.4 Å². The average Bonchev–Trinajstić information content (AvgIpc) is 3.05. The third kappa shape index (κ3) is 3.39. The normalized spacial score (nSPS) is 25.4. The summed E-state index contributed by atoms with van der Waals surface area (Å²) in [6.07, 6.45) is 7.31. The van der Waals surface area contributed by atoms with E-state index in [1.54, 1.807) is 36.8 Å². The molecule has 2 aliphatic heterocycles. The Morgan fingerprint density at radius 1 is 1.35 bits per heavy atom. The smallest absolute Gasteiger partial charge is 0.255 e. The molecule has 26 heavy (non-hydrogen) atoms. The molecule has 7 heteroatoms. The van der Waals surface area contributed by atoms with Gasteiger partial charge in [0.15, 0.2) is 11.6 Å². The number of carbonyl (C=O) groups excluding carboxylic acids is 1. The first kappa shape index (κ1) is 16.9. The summed E-state index contributed by atoms with van der Waals surface area (Å²) in [7, 11) is 0. The van der Waals surface area contributed by atoms with Crippen molar-refractivity contribution in [1.29, 1.82) is 0 Å². The quantitative estimate of drug-likeness (QED) is 0.915. The molecular formula is C19H21FN4O2. The lowest BCUT2D eigenvalue weighted by Gasteiger charge is -2.39. The van der Waals surface area contributed by atoms with E-state index in [0.717, 1.165) is 19.3 Å². The van der Waals surface area contributed by atoms with E-state index >= 15 is 0 Å². The van der Waals surface area contributed by atoms with Crippen LogP contribution in [0.15, 0.2) is 42.9 Å². The third-order valence-electron chi connectivity index (χ3n) is 5.04. The maximum atomic E-state index is 13.8. The van der Waals surface area contributed by atoms with Gasteiger partial charge in [-0.3, -0.25) is 9.78 Å². The monoisotopic (exact) mass is 356 g/mol. The lowest BCUT2D eigenvalue weighted by molar-refractivity contribution is -0.0447. The SMILES string of the molecule is O=C(c1cccnc1)N1CCC[C@@]2(C[C@H](Nc3ncccc3F)CO2)C1. The van der Waals surface area contributed by atoms with E-state index in [2.05, 4.69) is 15.3 Å². The predicted octanol–water partition coefficient (Wildman–Crippen LogP) is 2.49. The first-order valence-electron chi connectivity index (χ1n) is 8.86. The van der Waals surface area contributed by atoms with Crippen molar-refractivity contribution in [3.63, 3.8) is 0 Å². The van der Waals surface area contributed by atoms with Gasteiger partial charge in [0.05, 0.1) is 30.4 Å². The molecule has 0 unspecified atom stereocenters. The lowest BCUT2D eigenvalue weighted by atomic mass is 9.88. The number of carbonyl (C=O) groups is 1. The molecule has 2 fully saturated rings. The summed E-state index contributed by atoms with van der Waals surface area (Å²) in [5.41, 5.74) is 0.215. The second kappa shape index (κ2) is 6.99. The minimum atomic E-state index is -0.376. The zero-order valence-corrected chi connectivity index (χ0v) is 14.4. The van der Waals surface area contributed by atoms with Crippen molar-refractivity contribution in [2.24, 2.45) is 0 Å². The minimum Gasteiger partial charge on any atom is -0.371 e. The number of aromatic nitrogens is 2. The molecule has 0 radical (unpaired) electrons. The van der Waals surface area contributed by atoms with Crippen molar-refractivity contribution in [3.8, 4) is 0 Å². The van der Waals surface area contributed by atoms with E-state index in [1.165, 1.54) is 6.07 Å². The van der Waals surface area contributed by atoms with Crippen molar-refractivity contribution < 1.29 is 13.9 Å².